The van der Waals surface area contributed by atoms with Crippen LogP contribution >= 0.6 is 15.9 Å². The summed E-state index contributed by atoms with van der Waals surface area (Å²) in [5.74, 6) is 0.460. The van der Waals surface area contributed by atoms with Crippen LogP contribution in [0.3, 0.4) is 0 Å². The second-order valence-corrected chi connectivity index (χ2v) is 5.73. The van der Waals surface area contributed by atoms with Crippen LogP contribution in [0.5, 0.6) is 0 Å². The molecule has 0 aliphatic carbocycles. The van der Waals surface area contributed by atoms with Crippen LogP contribution in [0.1, 0.15) is 17.9 Å². The molecule has 0 fully saturated rings. The summed E-state index contributed by atoms with van der Waals surface area (Å²) >= 11 is 3.53. The van der Waals surface area contributed by atoms with Gasteiger partial charge in [0.1, 0.15) is 0 Å². The van der Waals surface area contributed by atoms with Crippen molar-refractivity contribution in [1.29, 1.82) is 0 Å². The largest absolute Gasteiger partial charge is 0.382 e. The van der Waals surface area contributed by atoms with E-state index in [9.17, 15) is 0 Å². The molecule has 5 heteroatoms. The minimum Gasteiger partial charge on any atom is -0.382 e. The Morgan fingerprint density at radius 2 is 1.81 bits per heavy atom. The second-order valence-electron chi connectivity index (χ2n) is 4.82. The molecule has 0 saturated heterocycles. The summed E-state index contributed by atoms with van der Waals surface area (Å²) in [5.41, 5.74) is 1.33. The Labute approximate surface area is 136 Å². The van der Waals surface area contributed by atoms with Crippen molar-refractivity contribution in [2.45, 2.75) is 12.3 Å². The van der Waals surface area contributed by atoms with Crippen molar-refractivity contribution in [3.63, 3.8) is 0 Å². The van der Waals surface area contributed by atoms with E-state index in [0.29, 0.717) is 32.3 Å². The average molecular weight is 360 g/mol. The molecule has 0 radical (unpaired) electrons. The number of benzene rings is 1. The van der Waals surface area contributed by atoms with E-state index in [1.165, 1.54) is 5.56 Å². The number of hydrogen-bond acceptors (Lipinski definition) is 4. The third-order valence-electron chi connectivity index (χ3n) is 3.19. The van der Waals surface area contributed by atoms with E-state index in [1.807, 2.05) is 13.1 Å². The van der Waals surface area contributed by atoms with Gasteiger partial charge in [-0.15, -0.1) is 0 Å². The molecule has 1 unspecified atom stereocenters. The van der Waals surface area contributed by atoms with Crippen LogP contribution in [0.25, 0.3) is 0 Å². The van der Waals surface area contributed by atoms with Crippen molar-refractivity contribution >= 4 is 15.9 Å². The summed E-state index contributed by atoms with van der Waals surface area (Å²) in [5, 5.41) is 3.25. The molecule has 0 amide bonds. The Kier molecular flexibility index (Phi) is 10.7. The number of rotatable bonds is 12. The quantitative estimate of drug-likeness (QED) is 0.582. The van der Waals surface area contributed by atoms with Gasteiger partial charge in [-0.25, -0.2) is 0 Å². The highest BCUT2D eigenvalue weighted by Gasteiger charge is 2.10. The minimum atomic E-state index is 0.460. The third kappa shape index (κ3) is 8.53. The van der Waals surface area contributed by atoms with E-state index in [2.05, 4.69) is 39.4 Å². The first kappa shape index (κ1) is 18.6. The molecule has 1 aromatic carbocycles. The first-order valence-electron chi connectivity index (χ1n) is 7.32. The van der Waals surface area contributed by atoms with Crippen LogP contribution < -0.4 is 5.32 Å². The molecule has 0 aliphatic rings. The molecule has 0 aromatic heterocycles. The highest BCUT2D eigenvalue weighted by molar-refractivity contribution is 9.10. The molecule has 1 aromatic rings. The number of halogens is 1. The van der Waals surface area contributed by atoms with Crippen LogP contribution in [0.4, 0.5) is 0 Å². The van der Waals surface area contributed by atoms with Gasteiger partial charge < -0.3 is 19.5 Å². The molecular formula is C16H26BrNO3. The summed E-state index contributed by atoms with van der Waals surface area (Å²) in [6, 6.07) is 8.47. The van der Waals surface area contributed by atoms with Crippen molar-refractivity contribution in [3.05, 3.63) is 34.3 Å². The predicted molar refractivity (Wildman–Crippen MR) is 88.9 cm³/mol. The lowest BCUT2D eigenvalue weighted by Gasteiger charge is -2.17. The monoisotopic (exact) mass is 359 g/mol. The van der Waals surface area contributed by atoms with Crippen LogP contribution in [0.2, 0.25) is 0 Å². The van der Waals surface area contributed by atoms with Gasteiger partial charge in [-0.2, -0.15) is 0 Å². The van der Waals surface area contributed by atoms with Crippen molar-refractivity contribution in [2.24, 2.45) is 0 Å². The molecule has 1 N–H and O–H groups in total. The molecule has 0 heterocycles. The van der Waals surface area contributed by atoms with Crippen molar-refractivity contribution < 1.29 is 14.2 Å². The normalized spacial score (nSPS) is 12.5. The van der Waals surface area contributed by atoms with Crippen LogP contribution in [-0.4, -0.2) is 53.7 Å². The van der Waals surface area contributed by atoms with Crippen LogP contribution in [0, 0.1) is 0 Å². The lowest BCUT2D eigenvalue weighted by Crippen LogP contribution is -2.19. The van der Waals surface area contributed by atoms with Gasteiger partial charge in [-0.3, -0.25) is 0 Å². The maximum atomic E-state index is 5.64. The number of nitrogens with one attached hydrogen (secondary N) is 1. The fourth-order valence-corrected chi connectivity index (χ4v) is 2.50. The van der Waals surface area contributed by atoms with E-state index in [4.69, 9.17) is 14.2 Å². The van der Waals surface area contributed by atoms with Gasteiger partial charge in [0.15, 0.2) is 0 Å². The Balaban J connectivity index is 2.23. The van der Waals surface area contributed by atoms with Gasteiger partial charge in [0.2, 0.25) is 0 Å². The fraction of sp³-hybridized carbons (Fsp3) is 0.625. The van der Waals surface area contributed by atoms with Gasteiger partial charge in [0.05, 0.1) is 26.4 Å². The third-order valence-corrected chi connectivity index (χ3v) is 3.68. The topological polar surface area (TPSA) is 39.7 Å². The van der Waals surface area contributed by atoms with E-state index in [0.717, 1.165) is 24.0 Å². The number of hydrogen-bond donors (Lipinski definition) is 1. The maximum absolute atomic E-state index is 5.64. The molecule has 0 aliphatic heterocycles. The zero-order valence-corrected chi connectivity index (χ0v) is 14.5. The Morgan fingerprint density at radius 1 is 1.10 bits per heavy atom. The van der Waals surface area contributed by atoms with Gasteiger partial charge in [0.25, 0.3) is 0 Å². The second kappa shape index (κ2) is 12.1. The number of methoxy groups -OCH3 is 1. The van der Waals surface area contributed by atoms with Gasteiger partial charge in [0, 0.05) is 24.7 Å². The van der Waals surface area contributed by atoms with E-state index >= 15 is 0 Å². The highest BCUT2D eigenvalue weighted by Crippen LogP contribution is 2.22. The summed E-state index contributed by atoms with van der Waals surface area (Å²) in [6.45, 7) is 4.20. The minimum absolute atomic E-state index is 0.460. The highest BCUT2D eigenvalue weighted by atomic mass is 79.9. The van der Waals surface area contributed by atoms with Crippen LogP contribution in [0.15, 0.2) is 28.7 Å². The standard InChI is InChI=1S/C16H26BrNO3/c1-18-13-15(14-4-3-5-16(17)12-14)6-7-20-10-11-21-9-8-19-2/h3-5,12,15,18H,6-11,13H2,1-2H3. The first-order valence-corrected chi connectivity index (χ1v) is 8.11. The molecule has 0 saturated carbocycles. The molecule has 21 heavy (non-hydrogen) atoms. The lowest BCUT2D eigenvalue weighted by molar-refractivity contribution is 0.0233. The molecular weight excluding hydrogens is 334 g/mol. The summed E-state index contributed by atoms with van der Waals surface area (Å²) in [4.78, 5) is 0. The average Bonchev–Trinajstić information content (AvgIpc) is 2.49. The van der Waals surface area contributed by atoms with E-state index in [-0.39, 0.29) is 0 Å². The molecule has 4 nitrogen and oxygen atoms in total. The molecule has 0 bridgehead atoms. The van der Waals surface area contributed by atoms with Gasteiger partial charge in [-0.1, -0.05) is 28.1 Å². The maximum Gasteiger partial charge on any atom is 0.0701 e. The number of likely N-dealkylation sites (N-methyl/N-ethyl adjacent to an activating group) is 1. The fourth-order valence-electron chi connectivity index (χ4n) is 2.08. The Hall–Kier alpha value is -0.460. The van der Waals surface area contributed by atoms with Crippen LogP contribution in [-0.2, 0) is 14.2 Å². The van der Waals surface area contributed by atoms with Gasteiger partial charge in [-0.05, 0) is 37.1 Å². The number of ether oxygens (including phenoxy) is 3. The smallest absolute Gasteiger partial charge is 0.0701 e. The SMILES string of the molecule is CNCC(CCOCCOCCOC)c1cccc(Br)c1. The van der Waals surface area contributed by atoms with Crippen molar-refractivity contribution in [2.75, 3.05) is 53.7 Å². The van der Waals surface area contributed by atoms with Crippen molar-refractivity contribution in [1.82, 2.24) is 5.32 Å². The molecule has 1 atom stereocenters. The first-order chi connectivity index (χ1) is 10.3. The zero-order valence-electron chi connectivity index (χ0n) is 12.9. The van der Waals surface area contributed by atoms with E-state index in [1.54, 1.807) is 7.11 Å². The lowest BCUT2D eigenvalue weighted by atomic mass is 9.96. The van der Waals surface area contributed by atoms with E-state index < -0.39 is 0 Å². The summed E-state index contributed by atoms with van der Waals surface area (Å²) < 4.78 is 17.0. The predicted octanol–water partition coefficient (Wildman–Crippen LogP) is 2.82. The molecule has 120 valence electrons. The van der Waals surface area contributed by atoms with Crippen molar-refractivity contribution in [3.8, 4) is 0 Å². The zero-order chi connectivity index (χ0) is 15.3. The Morgan fingerprint density at radius 3 is 2.48 bits per heavy atom. The molecule has 1 rings (SSSR count). The summed E-state index contributed by atoms with van der Waals surface area (Å²) in [7, 11) is 3.65. The van der Waals surface area contributed by atoms with Gasteiger partial charge >= 0.3 is 0 Å². The summed E-state index contributed by atoms with van der Waals surface area (Å²) in [6.07, 6.45) is 0.995. The molecule has 0 spiro atoms. The Bertz CT molecular complexity index is 376.